The van der Waals surface area contributed by atoms with Crippen LogP contribution in [0.5, 0.6) is 5.75 Å². The molecule has 0 atom stereocenters. The quantitative estimate of drug-likeness (QED) is 0.873. The molecule has 0 saturated carbocycles. The number of rotatable bonds is 3. The smallest absolute Gasteiger partial charge is 0.143 e. The summed E-state index contributed by atoms with van der Waals surface area (Å²) in [5.41, 5.74) is 3.59. The van der Waals surface area contributed by atoms with Gasteiger partial charge in [-0.15, -0.1) is 0 Å². The Kier molecular flexibility index (Phi) is 4.03. The zero-order valence-electron chi connectivity index (χ0n) is 13.6. The monoisotopic (exact) mass is 305 g/mol. The molecule has 0 fully saturated rings. The maximum absolute atomic E-state index is 9.26. The Bertz CT molecular complexity index is 909. The van der Waals surface area contributed by atoms with Crippen LogP contribution in [0.25, 0.3) is 12.2 Å². The van der Waals surface area contributed by atoms with Crippen molar-refractivity contribution >= 4 is 23.5 Å². The van der Waals surface area contributed by atoms with Crippen molar-refractivity contribution in [1.29, 1.82) is 5.26 Å². The van der Waals surface area contributed by atoms with Crippen LogP contribution in [0.3, 0.4) is 0 Å². The first-order valence-corrected chi connectivity index (χ1v) is 7.64. The summed E-state index contributed by atoms with van der Waals surface area (Å²) in [6.45, 7) is 2.03. The number of ether oxygens (including phenoxy) is 1. The molecule has 0 bridgehead atoms. The Labute approximate surface area is 136 Å². The number of methoxy groups -OCH3 is 1. The molecule has 1 aliphatic carbocycles. The summed E-state index contributed by atoms with van der Waals surface area (Å²) in [6, 6.07) is 10.1. The Morgan fingerprint density at radius 3 is 2.70 bits per heavy atom. The summed E-state index contributed by atoms with van der Waals surface area (Å²) in [7, 11) is 3.69. The van der Waals surface area contributed by atoms with Crippen LogP contribution in [-0.2, 0) is 0 Å². The highest BCUT2D eigenvalue weighted by atomic mass is 16.5. The molecule has 4 nitrogen and oxygen atoms in total. The average molecular weight is 305 g/mol. The molecule has 4 heteroatoms. The summed E-state index contributed by atoms with van der Waals surface area (Å²) in [4.78, 5) is 6.52. The molecule has 1 aliphatic rings. The summed E-state index contributed by atoms with van der Waals surface area (Å²) < 4.78 is 5.33. The second kappa shape index (κ2) is 6.13. The SMILES string of the molecule is COc1ccc(N(C)c2cc(C#N)nc3c2=CCCC=3)cc1C. The molecule has 1 heterocycles. The summed E-state index contributed by atoms with van der Waals surface area (Å²) in [6.07, 6.45) is 6.28. The van der Waals surface area contributed by atoms with E-state index in [9.17, 15) is 5.26 Å². The van der Waals surface area contributed by atoms with Gasteiger partial charge in [0.15, 0.2) is 0 Å². The lowest BCUT2D eigenvalue weighted by Crippen LogP contribution is -2.35. The topological polar surface area (TPSA) is 49.1 Å². The highest BCUT2D eigenvalue weighted by molar-refractivity contribution is 5.67. The van der Waals surface area contributed by atoms with Crippen LogP contribution in [-0.4, -0.2) is 19.1 Å². The van der Waals surface area contributed by atoms with Crippen LogP contribution < -0.4 is 20.2 Å². The van der Waals surface area contributed by atoms with E-state index in [0.29, 0.717) is 5.69 Å². The van der Waals surface area contributed by atoms with E-state index >= 15 is 0 Å². The number of aromatic nitrogens is 1. The number of nitrogens with zero attached hydrogens (tertiary/aromatic N) is 3. The Balaban J connectivity index is 2.15. The second-order valence-electron chi connectivity index (χ2n) is 5.64. The van der Waals surface area contributed by atoms with Gasteiger partial charge in [0.25, 0.3) is 0 Å². The van der Waals surface area contributed by atoms with E-state index in [2.05, 4.69) is 34.2 Å². The predicted molar refractivity (Wildman–Crippen MR) is 92.2 cm³/mol. The van der Waals surface area contributed by atoms with Gasteiger partial charge in [0, 0.05) is 18.0 Å². The Morgan fingerprint density at radius 2 is 2.00 bits per heavy atom. The third kappa shape index (κ3) is 2.78. The van der Waals surface area contributed by atoms with Crippen molar-refractivity contribution in [3.05, 3.63) is 46.1 Å². The molecule has 1 aromatic heterocycles. The molecule has 3 rings (SSSR count). The van der Waals surface area contributed by atoms with Crippen molar-refractivity contribution in [2.45, 2.75) is 19.8 Å². The number of nitriles is 1. The van der Waals surface area contributed by atoms with Gasteiger partial charge in [-0.05, 0) is 49.6 Å². The maximum Gasteiger partial charge on any atom is 0.143 e. The zero-order valence-corrected chi connectivity index (χ0v) is 13.6. The van der Waals surface area contributed by atoms with Crippen LogP contribution >= 0.6 is 0 Å². The normalized spacial score (nSPS) is 12.4. The van der Waals surface area contributed by atoms with Gasteiger partial charge in [-0.1, -0.05) is 12.2 Å². The molecule has 0 N–H and O–H groups in total. The molecular weight excluding hydrogens is 286 g/mol. The number of pyridine rings is 1. The molecule has 1 aromatic carbocycles. The standard InChI is InChI=1S/C19H19N3O/c1-13-10-15(8-9-19(13)23-3)22(2)18-11-14(12-20)21-17-7-5-4-6-16(17)18/h6-11H,4-5H2,1-3H3. The van der Waals surface area contributed by atoms with Gasteiger partial charge in [0.05, 0.1) is 18.1 Å². The lowest BCUT2D eigenvalue weighted by molar-refractivity contribution is 0.412. The van der Waals surface area contributed by atoms with Crippen LogP contribution in [0.15, 0.2) is 24.3 Å². The molecule has 2 aromatic rings. The first kappa shape index (κ1) is 15.1. The van der Waals surface area contributed by atoms with Crippen LogP contribution in [0.4, 0.5) is 11.4 Å². The summed E-state index contributed by atoms with van der Waals surface area (Å²) in [5, 5.41) is 11.3. The minimum Gasteiger partial charge on any atom is -0.496 e. The molecule has 116 valence electrons. The number of anilines is 2. The fourth-order valence-electron chi connectivity index (χ4n) is 2.92. The molecule has 0 amide bonds. The van der Waals surface area contributed by atoms with Crippen molar-refractivity contribution in [3.8, 4) is 11.8 Å². The fourth-order valence-corrected chi connectivity index (χ4v) is 2.92. The van der Waals surface area contributed by atoms with E-state index in [0.717, 1.165) is 46.1 Å². The predicted octanol–water partition coefficient (Wildman–Crippen LogP) is 2.39. The van der Waals surface area contributed by atoms with E-state index in [1.54, 1.807) is 7.11 Å². The van der Waals surface area contributed by atoms with Crippen molar-refractivity contribution in [2.24, 2.45) is 0 Å². The highest BCUT2D eigenvalue weighted by Crippen LogP contribution is 2.27. The molecule has 0 aliphatic heterocycles. The van der Waals surface area contributed by atoms with Gasteiger partial charge in [0.1, 0.15) is 17.5 Å². The van der Waals surface area contributed by atoms with Gasteiger partial charge < -0.3 is 9.64 Å². The summed E-state index contributed by atoms with van der Waals surface area (Å²) in [5.74, 6) is 0.872. The molecule has 0 unspecified atom stereocenters. The third-order valence-electron chi connectivity index (χ3n) is 4.16. The van der Waals surface area contributed by atoms with Crippen LogP contribution in [0.1, 0.15) is 24.1 Å². The zero-order chi connectivity index (χ0) is 16.4. The average Bonchev–Trinajstić information content (AvgIpc) is 2.60. The summed E-state index contributed by atoms with van der Waals surface area (Å²) >= 11 is 0. The highest BCUT2D eigenvalue weighted by Gasteiger charge is 2.12. The first-order valence-electron chi connectivity index (χ1n) is 7.64. The van der Waals surface area contributed by atoms with Crippen molar-refractivity contribution in [1.82, 2.24) is 4.98 Å². The number of fused-ring (bicyclic) bond motifs is 1. The fraction of sp³-hybridized carbons (Fsp3) is 0.263. The van der Waals surface area contributed by atoms with E-state index in [-0.39, 0.29) is 0 Å². The maximum atomic E-state index is 9.26. The largest absolute Gasteiger partial charge is 0.496 e. The Morgan fingerprint density at radius 1 is 1.22 bits per heavy atom. The molecular formula is C19H19N3O. The number of hydrogen-bond acceptors (Lipinski definition) is 4. The molecule has 0 radical (unpaired) electrons. The van der Waals surface area contributed by atoms with Crippen LogP contribution in [0.2, 0.25) is 0 Å². The minimum atomic E-state index is 0.447. The van der Waals surface area contributed by atoms with E-state index in [1.165, 1.54) is 0 Å². The molecule has 23 heavy (non-hydrogen) atoms. The van der Waals surface area contributed by atoms with Crippen molar-refractivity contribution < 1.29 is 4.74 Å². The van der Waals surface area contributed by atoms with Crippen LogP contribution in [0, 0.1) is 18.3 Å². The van der Waals surface area contributed by atoms with Gasteiger partial charge in [-0.25, -0.2) is 4.98 Å². The van der Waals surface area contributed by atoms with Gasteiger partial charge in [0.2, 0.25) is 0 Å². The lowest BCUT2D eigenvalue weighted by Gasteiger charge is -2.22. The number of hydrogen-bond donors (Lipinski definition) is 0. The van der Waals surface area contributed by atoms with Crippen molar-refractivity contribution in [3.63, 3.8) is 0 Å². The first-order chi connectivity index (χ1) is 11.1. The van der Waals surface area contributed by atoms with E-state index in [1.807, 2.05) is 32.2 Å². The lowest BCUT2D eigenvalue weighted by atomic mass is 10.1. The second-order valence-corrected chi connectivity index (χ2v) is 5.64. The molecule has 0 spiro atoms. The van der Waals surface area contributed by atoms with Gasteiger partial charge in [-0.3, -0.25) is 0 Å². The number of benzene rings is 1. The number of aryl methyl sites for hydroxylation is 1. The van der Waals surface area contributed by atoms with E-state index < -0.39 is 0 Å². The van der Waals surface area contributed by atoms with Crippen molar-refractivity contribution in [2.75, 3.05) is 19.1 Å². The Hall–Kier alpha value is -2.80. The van der Waals surface area contributed by atoms with Gasteiger partial charge in [-0.2, -0.15) is 5.26 Å². The minimum absolute atomic E-state index is 0.447. The van der Waals surface area contributed by atoms with Gasteiger partial charge >= 0.3 is 0 Å². The third-order valence-corrected chi connectivity index (χ3v) is 4.16. The molecule has 0 saturated heterocycles. The van der Waals surface area contributed by atoms with E-state index in [4.69, 9.17) is 4.74 Å².